The van der Waals surface area contributed by atoms with Crippen molar-refractivity contribution >= 4 is 11.9 Å². The van der Waals surface area contributed by atoms with E-state index in [0.29, 0.717) is 25.9 Å². The lowest BCUT2D eigenvalue weighted by Gasteiger charge is -2.26. The number of hydrogen-bond acceptors (Lipinski definition) is 3. The quantitative estimate of drug-likeness (QED) is 0.733. The molecule has 1 rings (SSSR count). The molecule has 0 aromatic carbocycles. The highest BCUT2D eigenvalue weighted by atomic mass is 16.4. The molecule has 0 saturated heterocycles. The highest BCUT2D eigenvalue weighted by Gasteiger charge is 2.42. The van der Waals surface area contributed by atoms with Gasteiger partial charge in [0.25, 0.3) is 0 Å². The molecule has 1 aliphatic carbocycles. The van der Waals surface area contributed by atoms with E-state index in [1.54, 1.807) is 4.90 Å². The minimum Gasteiger partial charge on any atom is -0.481 e. The summed E-state index contributed by atoms with van der Waals surface area (Å²) in [6.07, 6.45) is 3.07. The van der Waals surface area contributed by atoms with E-state index in [-0.39, 0.29) is 18.4 Å². The standard InChI is InChI=1S/C14H25NO4/c1-3-4-5-15(6-7-16)13(17)11-8-10(2)9-12(11)14(18)19/h10-12,16H,3-9H2,1-2H3,(H,18,19)/t10?,11-,12+/m0/s1. The molecule has 110 valence electrons. The van der Waals surface area contributed by atoms with Gasteiger partial charge in [0.2, 0.25) is 5.91 Å². The largest absolute Gasteiger partial charge is 0.481 e. The Kier molecular flexibility index (Phi) is 6.28. The number of nitrogens with zero attached hydrogens (tertiary/aromatic N) is 1. The van der Waals surface area contributed by atoms with Crippen LogP contribution >= 0.6 is 0 Å². The molecule has 0 bridgehead atoms. The van der Waals surface area contributed by atoms with Crippen molar-refractivity contribution in [2.24, 2.45) is 17.8 Å². The topological polar surface area (TPSA) is 77.8 Å². The van der Waals surface area contributed by atoms with Crippen LogP contribution in [0.5, 0.6) is 0 Å². The molecule has 3 atom stereocenters. The third kappa shape index (κ3) is 4.20. The molecule has 0 radical (unpaired) electrons. The molecule has 5 nitrogen and oxygen atoms in total. The minimum atomic E-state index is -0.873. The van der Waals surface area contributed by atoms with Crippen LogP contribution in [-0.4, -0.2) is 46.7 Å². The van der Waals surface area contributed by atoms with Gasteiger partial charge in [-0.25, -0.2) is 0 Å². The van der Waals surface area contributed by atoms with E-state index in [1.807, 2.05) is 13.8 Å². The first kappa shape index (κ1) is 16.0. The number of unbranched alkanes of at least 4 members (excludes halogenated alkanes) is 1. The summed E-state index contributed by atoms with van der Waals surface area (Å²) in [5.41, 5.74) is 0. The van der Waals surface area contributed by atoms with E-state index >= 15 is 0 Å². The molecule has 2 N–H and O–H groups in total. The summed E-state index contributed by atoms with van der Waals surface area (Å²) in [7, 11) is 0. The van der Waals surface area contributed by atoms with E-state index in [1.165, 1.54) is 0 Å². The summed E-state index contributed by atoms with van der Waals surface area (Å²) >= 11 is 0. The van der Waals surface area contributed by atoms with Crippen LogP contribution in [0.2, 0.25) is 0 Å². The molecule has 1 aliphatic rings. The Balaban J connectivity index is 2.73. The van der Waals surface area contributed by atoms with Gasteiger partial charge in [-0.05, 0) is 25.2 Å². The lowest BCUT2D eigenvalue weighted by atomic mass is 9.94. The van der Waals surface area contributed by atoms with Gasteiger partial charge in [0.05, 0.1) is 18.4 Å². The molecule has 1 amide bonds. The van der Waals surface area contributed by atoms with Crippen molar-refractivity contribution < 1.29 is 19.8 Å². The third-order valence-corrected chi connectivity index (χ3v) is 3.90. The Morgan fingerprint density at radius 1 is 1.21 bits per heavy atom. The second-order valence-corrected chi connectivity index (χ2v) is 5.53. The number of aliphatic carboxylic acids is 1. The monoisotopic (exact) mass is 271 g/mol. The molecule has 0 aliphatic heterocycles. The summed E-state index contributed by atoms with van der Waals surface area (Å²) in [5.74, 6) is -1.68. The summed E-state index contributed by atoms with van der Waals surface area (Å²) in [6, 6.07) is 0. The smallest absolute Gasteiger partial charge is 0.307 e. The fraction of sp³-hybridized carbons (Fsp3) is 0.857. The van der Waals surface area contributed by atoms with E-state index in [2.05, 4.69) is 0 Å². The first-order valence-electron chi connectivity index (χ1n) is 7.13. The molecule has 5 heteroatoms. The van der Waals surface area contributed by atoms with Gasteiger partial charge in [0, 0.05) is 13.1 Å². The number of hydrogen-bond donors (Lipinski definition) is 2. The fourth-order valence-corrected chi connectivity index (χ4v) is 2.87. The van der Waals surface area contributed by atoms with Crippen molar-refractivity contribution in [3.05, 3.63) is 0 Å². The van der Waals surface area contributed by atoms with Crippen LogP contribution < -0.4 is 0 Å². The van der Waals surface area contributed by atoms with Crippen LogP contribution in [0.4, 0.5) is 0 Å². The van der Waals surface area contributed by atoms with E-state index in [9.17, 15) is 14.7 Å². The number of carbonyl (C=O) groups excluding carboxylic acids is 1. The van der Waals surface area contributed by atoms with Crippen LogP contribution in [0.15, 0.2) is 0 Å². The Labute approximate surface area is 114 Å². The van der Waals surface area contributed by atoms with Crippen molar-refractivity contribution in [3.63, 3.8) is 0 Å². The Bertz CT molecular complexity index is 319. The number of rotatable bonds is 7. The van der Waals surface area contributed by atoms with Crippen molar-refractivity contribution in [1.82, 2.24) is 4.90 Å². The maximum atomic E-state index is 12.5. The number of carboxylic acids is 1. The molecule has 1 fully saturated rings. The number of aliphatic hydroxyl groups is 1. The van der Waals surface area contributed by atoms with Gasteiger partial charge in [-0.2, -0.15) is 0 Å². The highest BCUT2D eigenvalue weighted by Crippen LogP contribution is 2.37. The summed E-state index contributed by atoms with van der Waals surface area (Å²) in [4.78, 5) is 25.3. The highest BCUT2D eigenvalue weighted by molar-refractivity contribution is 5.85. The zero-order chi connectivity index (χ0) is 14.4. The molecule has 0 aromatic rings. The van der Waals surface area contributed by atoms with E-state index < -0.39 is 17.8 Å². The maximum Gasteiger partial charge on any atom is 0.307 e. The van der Waals surface area contributed by atoms with Gasteiger partial charge in [0.1, 0.15) is 0 Å². The van der Waals surface area contributed by atoms with E-state index in [4.69, 9.17) is 5.11 Å². The minimum absolute atomic E-state index is 0.0739. The van der Waals surface area contributed by atoms with Crippen LogP contribution in [-0.2, 0) is 9.59 Å². The summed E-state index contributed by atoms with van der Waals surface area (Å²) in [5, 5.41) is 18.3. The van der Waals surface area contributed by atoms with Crippen LogP contribution in [0.25, 0.3) is 0 Å². The number of amides is 1. The molecule has 1 saturated carbocycles. The average molecular weight is 271 g/mol. The number of carboxylic acid groups (broad SMARTS) is 1. The summed E-state index contributed by atoms with van der Waals surface area (Å²) < 4.78 is 0. The van der Waals surface area contributed by atoms with Crippen molar-refractivity contribution in [1.29, 1.82) is 0 Å². The second kappa shape index (κ2) is 7.48. The first-order chi connectivity index (χ1) is 9.01. The molecule has 0 spiro atoms. The third-order valence-electron chi connectivity index (χ3n) is 3.90. The predicted molar refractivity (Wildman–Crippen MR) is 71.6 cm³/mol. The maximum absolute atomic E-state index is 12.5. The van der Waals surface area contributed by atoms with Crippen LogP contribution in [0.3, 0.4) is 0 Å². The lowest BCUT2D eigenvalue weighted by molar-refractivity contribution is -0.149. The number of aliphatic hydroxyl groups excluding tert-OH is 1. The molecule has 19 heavy (non-hydrogen) atoms. The zero-order valence-corrected chi connectivity index (χ0v) is 11.8. The Morgan fingerprint density at radius 2 is 1.84 bits per heavy atom. The Hall–Kier alpha value is -1.10. The van der Waals surface area contributed by atoms with E-state index in [0.717, 1.165) is 12.8 Å². The lowest BCUT2D eigenvalue weighted by Crippen LogP contribution is -2.41. The number of carbonyl (C=O) groups is 2. The summed E-state index contributed by atoms with van der Waals surface area (Å²) in [6.45, 7) is 4.86. The second-order valence-electron chi connectivity index (χ2n) is 5.53. The van der Waals surface area contributed by atoms with Gasteiger partial charge in [-0.1, -0.05) is 20.3 Å². The van der Waals surface area contributed by atoms with Crippen molar-refractivity contribution in [2.75, 3.05) is 19.7 Å². The zero-order valence-electron chi connectivity index (χ0n) is 11.8. The van der Waals surface area contributed by atoms with Crippen LogP contribution in [0.1, 0.15) is 39.5 Å². The first-order valence-corrected chi connectivity index (χ1v) is 7.13. The van der Waals surface area contributed by atoms with Gasteiger partial charge < -0.3 is 15.1 Å². The molecule has 0 aromatic heterocycles. The molecular formula is C14H25NO4. The van der Waals surface area contributed by atoms with Gasteiger partial charge >= 0.3 is 5.97 Å². The van der Waals surface area contributed by atoms with Crippen LogP contribution in [0, 0.1) is 17.8 Å². The fourth-order valence-electron chi connectivity index (χ4n) is 2.87. The SMILES string of the molecule is CCCCN(CCO)C(=O)[C@H]1CC(C)C[C@H]1C(=O)O. The van der Waals surface area contributed by atoms with Crippen molar-refractivity contribution in [2.45, 2.75) is 39.5 Å². The van der Waals surface area contributed by atoms with Crippen molar-refractivity contribution in [3.8, 4) is 0 Å². The Morgan fingerprint density at radius 3 is 2.37 bits per heavy atom. The van der Waals surface area contributed by atoms with Gasteiger partial charge in [-0.3, -0.25) is 9.59 Å². The average Bonchev–Trinajstić information content (AvgIpc) is 2.76. The van der Waals surface area contributed by atoms with Gasteiger partial charge in [0.15, 0.2) is 0 Å². The van der Waals surface area contributed by atoms with Gasteiger partial charge in [-0.15, -0.1) is 0 Å². The molecule has 0 heterocycles. The predicted octanol–water partition coefficient (Wildman–Crippen LogP) is 1.35. The molecule has 1 unspecified atom stereocenters. The normalized spacial score (nSPS) is 26.4. The molecular weight excluding hydrogens is 246 g/mol.